The summed E-state index contributed by atoms with van der Waals surface area (Å²) in [6.07, 6.45) is 6.14. The van der Waals surface area contributed by atoms with Gasteiger partial charge in [-0.1, -0.05) is 31.4 Å². The lowest BCUT2D eigenvalue weighted by Gasteiger charge is -2.21. The molecule has 0 radical (unpaired) electrons. The number of nitrogens with one attached hydrogen (secondary N) is 3. The molecule has 1 saturated carbocycles. The van der Waals surface area contributed by atoms with Crippen LogP contribution in [0, 0.1) is 19.8 Å². The molecule has 0 saturated heterocycles. The molecular formula is C23H29N3O4S. The van der Waals surface area contributed by atoms with Crippen molar-refractivity contribution in [1.82, 2.24) is 16.2 Å². The predicted molar refractivity (Wildman–Crippen MR) is 120 cm³/mol. The molecule has 3 amide bonds. The van der Waals surface area contributed by atoms with Crippen molar-refractivity contribution in [3.8, 4) is 0 Å². The Morgan fingerprint density at radius 1 is 1.00 bits per heavy atom. The minimum absolute atomic E-state index is 0.0371. The van der Waals surface area contributed by atoms with E-state index < -0.39 is 11.8 Å². The van der Waals surface area contributed by atoms with Gasteiger partial charge >= 0.3 is 0 Å². The third-order valence-electron chi connectivity index (χ3n) is 5.38. The molecule has 0 bridgehead atoms. The summed E-state index contributed by atoms with van der Waals surface area (Å²) in [5.41, 5.74) is 5.62. The van der Waals surface area contributed by atoms with E-state index in [0.717, 1.165) is 6.54 Å². The van der Waals surface area contributed by atoms with Gasteiger partial charge in [-0.05, 0) is 50.8 Å². The van der Waals surface area contributed by atoms with Gasteiger partial charge in [0.05, 0.1) is 16.9 Å². The highest BCUT2D eigenvalue weighted by atomic mass is 32.2. The lowest BCUT2D eigenvalue weighted by atomic mass is 9.89. The Labute approximate surface area is 186 Å². The second kappa shape index (κ2) is 11.0. The molecule has 1 aromatic heterocycles. The topological polar surface area (TPSA) is 100 Å². The molecule has 31 heavy (non-hydrogen) atoms. The van der Waals surface area contributed by atoms with Gasteiger partial charge in [0, 0.05) is 11.4 Å². The molecule has 8 heteroatoms. The van der Waals surface area contributed by atoms with Crippen LogP contribution in [0.1, 0.15) is 64.3 Å². The number of furan rings is 1. The van der Waals surface area contributed by atoms with Crippen LogP contribution in [-0.2, 0) is 4.79 Å². The third-order valence-corrected chi connectivity index (χ3v) is 6.45. The zero-order valence-electron chi connectivity index (χ0n) is 18.0. The summed E-state index contributed by atoms with van der Waals surface area (Å²) in [6, 6.07) is 8.63. The Bertz CT molecular complexity index is 935. The summed E-state index contributed by atoms with van der Waals surface area (Å²) in [7, 11) is 0. The van der Waals surface area contributed by atoms with E-state index in [9.17, 15) is 14.4 Å². The van der Waals surface area contributed by atoms with E-state index in [2.05, 4.69) is 16.2 Å². The SMILES string of the molecule is Cc1cc(C(=O)NNC(=O)c2ccccc2SCC(=O)NCC2CCCCC2)c(C)o1. The maximum atomic E-state index is 12.6. The maximum absolute atomic E-state index is 12.6. The molecule has 0 atom stereocenters. The van der Waals surface area contributed by atoms with Crippen LogP contribution in [0.25, 0.3) is 0 Å². The second-order valence-corrected chi connectivity index (χ2v) is 8.85. The first-order valence-electron chi connectivity index (χ1n) is 10.6. The lowest BCUT2D eigenvalue weighted by Crippen LogP contribution is -2.41. The van der Waals surface area contributed by atoms with Crippen LogP contribution in [0.3, 0.4) is 0 Å². The van der Waals surface area contributed by atoms with E-state index in [0.29, 0.717) is 33.5 Å². The van der Waals surface area contributed by atoms with Gasteiger partial charge in [0.2, 0.25) is 5.91 Å². The summed E-state index contributed by atoms with van der Waals surface area (Å²) >= 11 is 1.31. The quantitative estimate of drug-likeness (QED) is 0.447. The van der Waals surface area contributed by atoms with Gasteiger partial charge < -0.3 is 9.73 Å². The van der Waals surface area contributed by atoms with Crippen molar-refractivity contribution >= 4 is 29.5 Å². The van der Waals surface area contributed by atoms with E-state index >= 15 is 0 Å². The van der Waals surface area contributed by atoms with Crippen LogP contribution >= 0.6 is 11.8 Å². The molecule has 7 nitrogen and oxygen atoms in total. The number of aryl methyl sites for hydroxylation is 2. The largest absolute Gasteiger partial charge is 0.466 e. The molecule has 3 rings (SSSR count). The maximum Gasteiger partial charge on any atom is 0.273 e. The average molecular weight is 444 g/mol. The first-order chi connectivity index (χ1) is 14.9. The Balaban J connectivity index is 1.50. The van der Waals surface area contributed by atoms with E-state index in [1.54, 1.807) is 38.1 Å². The Hall–Kier alpha value is -2.74. The molecule has 1 fully saturated rings. The van der Waals surface area contributed by atoms with Gasteiger partial charge in [-0.2, -0.15) is 0 Å². The molecule has 0 unspecified atom stereocenters. The van der Waals surface area contributed by atoms with Crippen LogP contribution in [0.2, 0.25) is 0 Å². The van der Waals surface area contributed by atoms with Gasteiger partial charge in [-0.15, -0.1) is 11.8 Å². The van der Waals surface area contributed by atoms with Gasteiger partial charge in [0.25, 0.3) is 11.8 Å². The molecular weight excluding hydrogens is 414 g/mol. The van der Waals surface area contributed by atoms with Gasteiger partial charge in [-0.3, -0.25) is 25.2 Å². The fraction of sp³-hybridized carbons (Fsp3) is 0.435. The molecule has 1 aromatic carbocycles. The molecule has 0 spiro atoms. The van der Waals surface area contributed by atoms with Gasteiger partial charge in [0.15, 0.2) is 0 Å². The first-order valence-corrected chi connectivity index (χ1v) is 11.6. The molecule has 1 aliphatic rings. The van der Waals surface area contributed by atoms with Crippen molar-refractivity contribution in [2.24, 2.45) is 5.92 Å². The van der Waals surface area contributed by atoms with E-state index in [1.807, 2.05) is 6.07 Å². The van der Waals surface area contributed by atoms with E-state index in [4.69, 9.17) is 4.42 Å². The van der Waals surface area contributed by atoms with Gasteiger partial charge in [-0.25, -0.2) is 0 Å². The van der Waals surface area contributed by atoms with Crippen molar-refractivity contribution in [3.63, 3.8) is 0 Å². The average Bonchev–Trinajstić information content (AvgIpc) is 3.13. The van der Waals surface area contributed by atoms with Crippen molar-refractivity contribution in [2.75, 3.05) is 12.3 Å². The second-order valence-electron chi connectivity index (χ2n) is 7.83. The fourth-order valence-electron chi connectivity index (χ4n) is 3.73. The summed E-state index contributed by atoms with van der Waals surface area (Å²) in [5, 5.41) is 3.01. The lowest BCUT2D eigenvalue weighted by molar-refractivity contribution is -0.118. The number of carbonyl (C=O) groups excluding carboxylic acids is 3. The number of hydrogen-bond donors (Lipinski definition) is 3. The van der Waals surface area contributed by atoms with E-state index in [1.165, 1.54) is 43.9 Å². The van der Waals surface area contributed by atoms with Crippen molar-refractivity contribution in [2.45, 2.75) is 50.8 Å². The normalized spacial score (nSPS) is 14.1. The number of hydrogen-bond acceptors (Lipinski definition) is 5. The summed E-state index contributed by atoms with van der Waals surface area (Å²) < 4.78 is 5.34. The Kier molecular flexibility index (Phi) is 8.17. The van der Waals surface area contributed by atoms with Gasteiger partial charge in [0.1, 0.15) is 11.5 Å². The highest BCUT2D eigenvalue weighted by Crippen LogP contribution is 2.24. The standard InChI is InChI=1S/C23H29N3O4S/c1-15-12-19(16(2)30-15)23(29)26-25-22(28)18-10-6-7-11-20(18)31-14-21(27)24-13-17-8-4-3-5-9-17/h6-7,10-12,17H,3-5,8-9,13-14H2,1-2H3,(H,24,27)(H,25,28)(H,26,29). The minimum Gasteiger partial charge on any atom is -0.466 e. The highest BCUT2D eigenvalue weighted by Gasteiger charge is 2.18. The summed E-state index contributed by atoms with van der Waals surface area (Å²) in [6.45, 7) is 4.16. The minimum atomic E-state index is -0.449. The smallest absolute Gasteiger partial charge is 0.273 e. The highest BCUT2D eigenvalue weighted by molar-refractivity contribution is 8.00. The zero-order chi connectivity index (χ0) is 22.2. The zero-order valence-corrected chi connectivity index (χ0v) is 18.8. The predicted octanol–water partition coefficient (Wildman–Crippen LogP) is 3.76. The molecule has 0 aliphatic heterocycles. The number of rotatable bonds is 7. The first kappa shape index (κ1) is 22.9. The Morgan fingerprint density at radius 3 is 2.35 bits per heavy atom. The number of carbonyl (C=O) groups is 3. The van der Waals surface area contributed by atoms with Crippen LogP contribution in [0.5, 0.6) is 0 Å². The number of hydrazine groups is 1. The summed E-state index contributed by atoms with van der Waals surface area (Å²) in [5.74, 6) is 0.984. The van der Waals surface area contributed by atoms with Crippen LogP contribution in [0.15, 0.2) is 39.6 Å². The van der Waals surface area contributed by atoms with Crippen molar-refractivity contribution in [1.29, 1.82) is 0 Å². The van der Waals surface area contributed by atoms with E-state index in [-0.39, 0.29) is 11.7 Å². The molecule has 1 aliphatic carbocycles. The monoisotopic (exact) mass is 443 g/mol. The van der Waals surface area contributed by atoms with Crippen LogP contribution < -0.4 is 16.2 Å². The number of thioether (sulfide) groups is 1. The van der Waals surface area contributed by atoms with Crippen LogP contribution in [-0.4, -0.2) is 30.0 Å². The number of amides is 3. The Morgan fingerprint density at radius 2 is 1.68 bits per heavy atom. The molecule has 3 N–H and O–H groups in total. The molecule has 166 valence electrons. The number of benzene rings is 1. The molecule has 1 heterocycles. The molecule has 2 aromatic rings. The van der Waals surface area contributed by atoms with Crippen LogP contribution in [0.4, 0.5) is 0 Å². The van der Waals surface area contributed by atoms with Crippen molar-refractivity contribution < 1.29 is 18.8 Å². The van der Waals surface area contributed by atoms with Crippen molar-refractivity contribution in [3.05, 3.63) is 53.0 Å². The fourth-order valence-corrected chi connectivity index (χ4v) is 4.61. The third kappa shape index (κ3) is 6.62. The summed E-state index contributed by atoms with van der Waals surface area (Å²) in [4.78, 5) is 37.8.